The van der Waals surface area contributed by atoms with Crippen LogP contribution in [0.5, 0.6) is 0 Å². The van der Waals surface area contributed by atoms with Crippen molar-refractivity contribution in [2.75, 3.05) is 38.1 Å². The van der Waals surface area contributed by atoms with Crippen molar-refractivity contribution in [3.8, 4) is 0 Å². The van der Waals surface area contributed by atoms with Gasteiger partial charge < -0.3 is 26.6 Å². The van der Waals surface area contributed by atoms with Crippen LogP contribution in [0.3, 0.4) is 0 Å². The Hall–Kier alpha value is -4.24. The molecule has 0 atom stereocenters. The van der Waals surface area contributed by atoms with Gasteiger partial charge in [0.1, 0.15) is 5.71 Å². The number of pyridine rings is 1. The number of aliphatic imine (C=N–C) groups is 1. The Labute approximate surface area is 236 Å². The Bertz CT molecular complexity index is 1410. The largest absolute Gasteiger partial charge is 0.398 e. The van der Waals surface area contributed by atoms with Crippen LogP contribution in [0.25, 0.3) is 16.6 Å². The monoisotopic (exact) mass is 541 g/mol. The maximum atomic E-state index is 12.8. The molecule has 1 fully saturated rings. The van der Waals surface area contributed by atoms with Gasteiger partial charge in [-0.25, -0.2) is 0 Å². The maximum absolute atomic E-state index is 12.8. The van der Waals surface area contributed by atoms with E-state index in [-0.39, 0.29) is 17.5 Å². The lowest BCUT2D eigenvalue weighted by Gasteiger charge is -2.27. The average Bonchev–Trinajstić information content (AvgIpc) is 3.81. The highest BCUT2D eigenvalue weighted by Gasteiger charge is 2.24. The first-order chi connectivity index (χ1) is 19.5. The van der Waals surface area contributed by atoms with Gasteiger partial charge in [0.25, 0.3) is 11.8 Å². The number of carbonyl (C=O) groups excluding carboxylic acids is 2. The molecule has 1 aliphatic carbocycles. The molecule has 9 nitrogen and oxygen atoms in total. The molecule has 5 rings (SSSR count). The Morgan fingerprint density at radius 2 is 1.93 bits per heavy atom. The highest BCUT2D eigenvalue weighted by Crippen LogP contribution is 2.33. The third-order valence-electron chi connectivity index (χ3n) is 6.77. The minimum absolute atomic E-state index is 0.0443. The van der Waals surface area contributed by atoms with E-state index in [0.717, 1.165) is 53.6 Å². The number of hydrogen-bond acceptors (Lipinski definition) is 7. The lowest BCUT2D eigenvalue weighted by molar-refractivity contribution is -0.114. The summed E-state index contributed by atoms with van der Waals surface area (Å²) in [5.41, 5.74) is 11.3. The summed E-state index contributed by atoms with van der Waals surface area (Å²) in [5, 5.41) is 10.4. The first-order valence-electron chi connectivity index (χ1n) is 14.0. The predicted octanol–water partition coefficient (Wildman–Crippen LogP) is 3.77. The number of hydrogen-bond donors (Lipinski definition) is 4. The second kappa shape index (κ2) is 13.7. The molecule has 0 radical (unpaired) electrons. The molecule has 2 heterocycles. The molecule has 0 unspecified atom stereocenters. The summed E-state index contributed by atoms with van der Waals surface area (Å²) in [6, 6.07) is 15.8. The van der Waals surface area contributed by atoms with E-state index < -0.39 is 0 Å². The summed E-state index contributed by atoms with van der Waals surface area (Å²) < 4.78 is 0. The van der Waals surface area contributed by atoms with E-state index in [0.29, 0.717) is 36.9 Å². The molecular weight excluding hydrogens is 502 g/mol. The smallest absolute Gasteiger partial charge is 0.269 e. The number of fused-ring (bicyclic) bond motifs is 1. The Morgan fingerprint density at radius 1 is 1.10 bits per heavy atom. The van der Waals surface area contributed by atoms with Gasteiger partial charge in [-0.2, -0.15) is 0 Å². The molecule has 5 N–H and O–H groups in total. The number of nitrogens with two attached hydrogens (primary N) is 1. The van der Waals surface area contributed by atoms with Gasteiger partial charge in [0, 0.05) is 61.3 Å². The summed E-state index contributed by atoms with van der Waals surface area (Å²) in [6.45, 7) is 6.65. The van der Waals surface area contributed by atoms with Crippen molar-refractivity contribution < 1.29 is 9.59 Å². The van der Waals surface area contributed by atoms with Crippen LogP contribution < -0.4 is 26.6 Å². The third kappa shape index (κ3) is 7.04. The minimum Gasteiger partial charge on any atom is -0.398 e. The number of nitrogens with zero attached hydrogens (tertiary/aromatic N) is 3. The van der Waals surface area contributed by atoms with Crippen molar-refractivity contribution in [3.05, 3.63) is 71.9 Å². The van der Waals surface area contributed by atoms with Gasteiger partial charge in [-0.15, -0.1) is 0 Å². The zero-order valence-electron chi connectivity index (χ0n) is 23.5. The summed E-state index contributed by atoms with van der Waals surface area (Å²) in [4.78, 5) is 36.3. The number of rotatable bonds is 3. The average molecular weight is 542 g/mol. The number of carbonyl (C=O) groups is 2. The van der Waals surface area contributed by atoms with Crippen molar-refractivity contribution in [3.63, 3.8) is 0 Å². The predicted molar refractivity (Wildman–Crippen MR) is 163 cm³/mol. The molecule has 1 saturated carbocycles. The Morgan fingerprint density at radius 3 is 2.70 bits per heavy atom. The Kier molecular flexibility index (Phi) is 9.86. The number of aromatic nitrogens is 1. The molecule has 40 heavy (non-hydrogen) atoms. The summed E-state index contributed by atoms with van der Waals surface area (Å²) in [7, 11) is 1.58. The summed E-state index contributed by atoms with van der Waals surface area (Å²) in [6.07, 6.45) is 6.27. The van der Waals surface area contributed by atoms with Crippen LogP contribution in [0.1, 0.15) is 49.0 Å². The second-order valence-corrected chi connectivity index (χ2v) is 9.58. The van der Waals surface area contributed by atoms with Gasteiger partial charge in [0.15, 0.2) is 0 Å². The van der Waals surface area contributed by atoms with E-state index in [1.165, 1.54) is 0 Å². The highest BCUT2D eigenvalue weighted by molar-refractivity contribution is 6.44. The normalized spacial score (nSPS) is 18.9. The van der Waals surface area contributed by atoms with Crippen molar-refractivity contribution in [1.82, 2.24) is 20.9 Å². The second-order valence-electron chi connectivity index (χ2n) is 9.58. The van der Waals surface area contributed by atoms with Gasteiger partial charge in [-0.1, -0.05) is 26.0 Å². The van der Waals surface area contributed by atoms with Crippen LogP contribution in [-0.4, -0.2) is 61.8 Å². The standard InChI is InChI=1S/C29H33N7O2.C2H6/c1-31-26-18-24(30)19-6-9-25-23(17-19)27(10-13-33-25)36(15-14-32-11-3-12-34-29(26)38)22-5-2-4-20(16-22)28(37)35-21-7-8-21;1-2/h2,4-6,9-10,13,16-18,21,32H,3,7-8,11-12,14-15,30H2,1H3,(H,34,38)(H,35,37);1-2H3/b24-18-,31-26?;. The molecule has 2 amide bonds. The lowest BCUT2D eigenvalue weighted by Crippen LogP contribution is -2.34. The van der Waals surface area contributed by atoms with Crippen LogP contribution >= 0.6 is 0 Å². The summed E-state index contributed by atoms with van der Waals surface area (Å²) >= 11 is 0. The van der Waals surface area contributed by atoms with E-state index in [9.17, 15) is 9.59 Å². The molecule has 2 aliphatic rings. The van der Waals surface area contributed by atoms with Gasteiger partial charge >= 0.3 is 0 Å². The van der Waals surface area contributed by atoms with Crippen molar-refractivity contribution in [2.45, 2.75) is 39.2 Å². The summed E-state index contributed by atoms with van der Waals surface area (Å²) in [5.74, 6) is -0.292. The minimum atomic E-state index is -0.248. The topological polar surface area (TPSA) is 125 Å². The first kappa shape index (κ1) is 28.8. The number of nitrogens with one attached hydrogen (secondary N) is 3. The van der Waals surface area contributed by atoms with Gasteiger partial charge in [-0.3, -0.25) is 19.6 Å². The zero-order chi connectivity index (χ0) is 28.5. The molecular formula is C31H39N7O2. The molecule has 0 saturated heterocycles. The first-order valence-corrected chi connectivity index (χ1v) is 14.0. The molecule has 3 aromatic rings. The van der Waals surface area contributed by atoms with Crippen LogP contribution in [0.2, 0.25) is 0 Å². The number of amides is 2. The fourth-order valence-corrected chi connectivity index (χ4v) is 4.53. The zero-order valence-corrected chi connectivity index (χ0v) is 23.5. The molecule has 2 bridgehead atoms. The van der Waals surface area contributed by atoms with Crippen LogP contribution in [-0.2, 0) is 4.79 Å². The number of anilines is 2. The Balaban J connectivity index is 0.00000181. The quantitative estimate of drug-likeness (QED) is 0.400. The van der Waals surface area contributed by atoms with Crippen LogP contribution in [0, 0.1) is 0 Å². The van der Waals surface area contributed by atoms with E-state index in [1.54, 1.807) is 19.3 Å². The number of benzene rings is 2. The van der Waals surface area contributed by atoms with Crippen LogP contribution in [0.4, 0.5) is 11.4 Å². The van der Waals surface area contributed by atoms with E-state index in [1.807, 2.05) is 62.4 Å². The van der Waals surface area contributed by atoms with Crippen molar-refractivity contribution >= 4 is 45.5 Å². The van der Waals surface area contributed by atoms with Gasteiger partial charge in [-0.05, 0) is 73.8 Å². The van der Waals surface area contributed by atoms with Crippen LogP contribution in [0.15, 0.2) is 65.8 Å². The molecule has 210 valence electrons. The van der Waals surface area contributed by atoms with Crippen molar-refractivity contribution in [2.24, 2.45) is 10.7 Å². The molecule has 2 aromatic carbocycles. The van der Waals surface area contributed by atoms with Crippen molar-refractivity contribution in [1.29, 1.82) is 0 Å². The fraction of sp³-hybridized carbons (Fsp3) is 0.355. The van der Waals surface area contributed by atoms with Gasteiger partial charge in [0.05, 0.1) is 11.2 Å². The maximum Gasteiger partial charge on any atom is 0.269 e. The SMILES string of the molecule is CC.CN=C1/C=C(\N)c2ccc3nccc(c3c2)N(c2cccc(C(=O)NC3CC3)c2)CCNCCCNC1=O. The molecule has 9 heteroatoms. The highest BCUT2D eigenvalue weighted by atomic mass is 16.2. The van der Waals surface area contributed by atoms with E-state index in [2.05, 4.69) is 30.8 Å². The fourth-order valence-electron chi connectivity index (χ4n) is 4.53. The van der Waals surface area contributed by atoms with E-state index >= 15 is 0 Å². The lowest BCUT2D eigenvalue weighted by atomic mass is 10.0. The molecule has 0 spiro atoms. The third-order valence-corrected chi connectivity index (χ3v) is 6.77. The molecule has 1 aliphatic heterocycles. The van der Waals surface area contributed by atoms with Gasteiger partial charge in [0.2, 0.25) is 0 Å². The molecule has 1 aromatic heterocycles. The van der Waals surface area contributed by atoms with E-state index in [4.69, 9.17) is 5.73 Å².